The van der Waals surface area contributed by atoms with Crippen molar-refractivity contribution in [2.75, 3.05) is 47.1 Å². The Morgan fingerprint density at radius 2 is 1.80 bits per heavy atom. The largest absolute Gasteiger partial charge is 0.493 e. The maximum atomic E-state index is 10.5. The van der Waals surface area contributed by atoms with Gasteiger partial charge in [-0.25, -0.2) is 4.68 Å². The number of benzene rings is 2. The highest BCUT2D eigenvalue weighted by Gasteiger charge is 2.23. The van der Waals surface area contributed by atoms with E-state index in [1.807, 2.05) is 61.5 Å². The number of methoxy groups -OCH3 is 2. The van der Waals surface area contributed by atoms with Gasteiger partial charge in [0.2, 0.25) is 5.88 Å². The minimum atomic E-state index is -0.658. The first-order chi connectivity index (χ1) is 17.1. The van der Waals surface area contributed by atoms with E-state index in [1.165, 1.54) is 0 Å². The Hall–Kier alpha value is -3.17. The lowest BCUT2D eigenvalue weighted by Gasteiger charge is -2.25. The summed E-state index contributed by atoms with van der Waals surface area (Å²) >= 11 is 0. The topological polar surface area (TPSA) is 78.2 Å². The van der Waals surface area contributed by atoms with Crippen molar-refractivity contribution < 1.29 is 24.1 Å². The predicted octanol–water partition coefficient (Wildman–Crippen LogP) is 3.99. The Labute approximate surface area is 207 Å². The standard InChI is InChI=1S/C27H35N3O5/c1-5-16-34-20-23(31)18-29(15-17-32-3)19-24-21(2)28-30(22-11-7-6-8-12-22)27(24)35-26-14-10-9-13-25(26)33-4/h5-14,23,31H,1,15-20H2,2-4H3/t23-/m1/s1. The van der Waals surface area contributed by atoms with Gasteiger partial charge in [0.15, 0.2) is 11.5 Å². The number of aromatic nitrogens is 2. The number of ether oxygens (including phenoxy) is 4. The zero-order valence-electron chi connectivity index (χ0n) is 20.7. The zero-order valence-corrected chi connectivity index (χ0v) is 20.7. The van der Waals surface area contributed by atoms with Crippen molar-refractivity contribution in [3.8, 4) is 23.1 Å². The third-order valence-electron chi connectivity index (χ3n) is 5.42. The summed E-state index contributed by atoms with van der Waals surface area (Å²) in [4.78, 5) is 2.11. The van der Waals surface area contributed by atoms with Crippen molar-refractivity contribution in [2.45, 2.75) is 19.6 Å². The molecule has 0 bridgehead atoms. The molecule has 35 heavy (non-hydrogen) atoms. The predicted molar refractivity (Wildman–Crippen MR) is 136 cm³/mol. The van der Waals surface area contributed by atoms with Crippen LogP contribution >= 0.6 is 0 Å². The van der Waals surface area contributed by atoms with Crippen molar-refractivity contribution in [1.29, 1.82) is 0 Å². The first-order valence-electron chi connectivity index (χ1n) is 11.6. The quantitative estimate of drug-likeness (QED) is 0.260. The van der Waals surface area contributed by atoms with E-state index in [-0.39, 0.29) is 6.61 Å². The lowest BCUT2D eigenvalue weighted by molar-refractivity contribution is 0.0192. The minimum absolute atomic E-state index is 0.225. The molecule has 0 saturated heterocycles. The van der Waals surface area contributed by atoms with E-state index in [2.05, 4.69) is 11.5 Å². The van der Waals surface area contributed by atoms with Crippen LogP contribution in [-0.2, 0) is 16.0 Å². The summed E-state index contributed by atoms with van der Waals surface area (Å²) in [6.45, 7) is 8.28. The van der Waals surface area contributed by atoms with Gasteiger partial charge in [-0.15, -0.1) is 6.58 Å². The summed E-state index contributed by atoms with van der Waals surface area (Å²) in [5, 5.41) is 15.3. The Kier molecular flexibility index (Phi) is 10.3. The van der Waals surface area contributed by atoms with E-state index in [9.17, 15) is 5.11 Å². The van der Waals surface area contributed by atoms with Crippen molar-refractivity contribution in [2.24, 2.45) is 0 Å². The fourth-order valence-corrected chi connectivity index (χ4v) is 3.69. The van der Waals surface area contributed by atoms with Gasteiger partial charge in [-0.2, -0.15) is 5.10 Å². The third kappa shape index (κ3) is 7.40. The monoisotopic (exact) mass is 481 g/mol. The SMILES string of the molecule is C=CCOC[C@H](O)CN(CCOC)Cc1c(C)nn(-c2ccccc2)c1Oc1ccccc1OC. The molecule has 0 aliphatic heterocycles. The van der Waals surface area contributed by atoms with Gasteiger partial charge in [0.05, 0.1) is 50.0 Å². The number of rotatable bonds is 15. The van der Waals surface area contributed by atoms with Gasteiger partial charge in [-0.1, -0.05) is 36.4 Å². The van der Waals surface area contributed by atoms with E-state index >= 15 is 0 Å². The summed E-state index contributed by atoms with van der Waals surface area (Å²) in [5.74, 6) is 1.82. The summed E-state index contributed by atoms with van der Waals surface area (Å²) in [6, 6.07) is 17.4. The minimum Gasteiger partial charge on any atom is -0.493 e. The second kappa shape index (κ2) is 13.7. The van der Waals surface area contributed by atoms with Crippen LogP contribution in [-0.4, -0.2) is 73.0 Å². The van der Waals surface area contributed by atoms with Gasteiger partial charge in [0.1, 0.15) is 0 Å². The van der Waals surface area contributed by atoms with Crippen molar-refractivity contribution in [3.05, 3.63) is 78.5 Å². The molecule has 0 spiro atoms. The average molecular weight is 482 g/mol. The van der Waals surface area contributed by atoms with Gasteiger partial charge in [-0.3, -0.25) is 4.90 Å². The van der Waals surface area contributed by atoms with Crippen molar-refractivity contribution >= 4 is 0 Å². The molecule has 188 valence electrons. The number of aryl methyl sites for hydroxylation is 1. The Bertz CT molecular complexity index is 1050. The van der Waals surface area contributed by atoms with Gasteiger partial charge < -0.3 is 24.1 Å². The first kappa shape index (κ1) is 26.4. The molecule has 1 N–H and O–H groups in total. The number of para-hydroxylation sites is 3. The third-order valence-corrected chi connectivity index (χ3v) is 5.42. The lowest BCUT2D eigenvalue weighted by atomic mass is 10.2. The number of hydrogen-bond donors (Lipinski definition) is 1. The van der Waals surface area contributed by atoms with Crippen LogP contribution < -0.4 is 9.47 Å². The molecule has 0 fully saturated rings. The van der Waals surface area contributed by atoms with Gasteiger partial charge in [0, 0.05) is 26.7 Å². The molecule has 0 radical (unpaired) electrons. The van der Waals surface area contributed by atoms with Gasteiger partial charge >= 0.3 is 0 Å². The van der Waals surface area contributed by atoms with Gasteiger partial charge in [0.25, 0.3) is 0 Å². The van der Waals surface area contributed by atoms with Crippen LogP contribution in [0.3, 0.4) is 0 Å². The molecule has 3 rings (SSSR count). The summed E-state index contributed by atoms with van der Waals surface area (Å²) in [6.07, 6.45) is 1.01. The van der Waals surface area contributed by atoms with E-state index in [4.69, 9.17) is 24.0 Å². The number of aliphatic hydroxyl groups is 1. The second-order valence-electron chi connectivity index (χ2n) is 8.08. The maximum absolute atomic E-state index is 10.5. The zero-order chi connectivity index (χ0) is 25.0. The number of nitrogens with zero attached hydrogens (tertiary/aromatic N) is 3. The fourth-order valence-electron chi connectivity index (χ4n) is 3.69. The van der Waals surface area contributed by atoms with Crippen LogP contribution in [0.5, 0.6) is 17.4 Å². The molecule has 0 amide bonds. The highest BCUT2D eigenvalue weighted by Crippen LogP contribution is 2.36. The van der Waals surface area contributed by atoms with E-state index in [0.29, 0.717) is 50.2 Å². The molecular weight excluding hydrogens is 446 g/mol. The molecule has 1 aromatic heterocycles. The number of hydrogen-bond acceptors (Lipinski definition) is 7. The number of aliphatic hydroxyl groups excluding tert-OH is 1. The summed E-state index contributed by atoms with van der Waals surface area (Å²) in [5.41, 5.74) is 2.63. The van der Waals surface area contributed by atoms with E-state index < -0.39 is 6.10 Å². The molecule has 0 aliphatic carbocycles. The normalized spacial score (nSPS) is 12.0. The van der Waals surface area contributed by atoms with E-state index in [1.54, 1.807) is 25.0 Å². The summed E-state index contributed by atoms with van der Waals surface area (Å²) in [7, 11) is 3.28. The Morgan fingerprint density at radius 1 is 1.09 bits per heavy atom. The molecule has 0 aliphatic rings. The highest BCUT2D eigenvalue weighted by atomic mass is 16.5. The fraction of sp³-hybridized carbons (Fsp3) is 0.370. The molecular formula is C27H35N3O5. The van der Waals surface area contributed by atoms with Crippen molar-refractivity contribution in [3.63, 3.8) is 0 Å². The molecule has 1 atom stereocenters. The van der Waals surface area contributed by atoms with Crippen LogP contribution in [0.4, 0.5) is 0 Å². The maximum Gasteiger partial charge on any atom is 0.227 e. The molecule has 2 aromatic carbocycles. The molecule has 0 saturated carbocycles. The molecule has 8 heteroatoms. The van der Waals surface area contributed by atoms with Crippen LogP contribution in [0.2, 0.25) is 0 Å². The Morgan fingerprint density at radius 3 is 2.49 bits per heavy atom. The molecule has 1 heterocycles. The molecule has 3 aromatic rings. The highest BCUT2D eigenvalue weighted by molar-refractivity contribution is 5.47. The first-order valence-corrected chi connectivity index (χ1v) is 11.6. The smallest absolute Gasteiger partial charge is 0.227 e. The van der Waals surface area contributed by atoms with Crippen molar-refractivity contribution in [1.82, 2.24) is 14.7 Å². The van der Waals surface area contributed by atoms with Crippen LogP contribution in [0.15, 0.2) is 67.3 Å². The van der Waals surface area contributed by atoms with Crippen LogP contribution in [0.1, 0.15) is 11.3 Å². The van der Waals surface area contributed by atoms with Crippen LogP contribution in [0.25, 0.3) is 5.69 Å². The average Bonchev–Trinajstić information content (AvgIpc) is 3.18. The Balaban J connectivity index is 1.95. The molecule has 8 nitrogen and oxygen atoms in total. The second-order valence-corrected chi connectivity index (χ2v) is 8.08. The lowest BCUT2D eigenvalue weighted by Crippen LogP contribution is -2.36. The summed E-state index contributed by atoms with van der Waals surface area (Å²) < 4.78 is 24.5. The molecule has 0 unspecified atom stereocenters. The van der Waals surface area contributed by atoms with E-state index in [0.717, 1.165) is 16.9 Å². The van der Waals surface area contributed by atoms with Gasteiger partial charge in [-0.05, 0) is 31.2 Å². The van der Waals surface area contributed by atoms with Crippen LogP contribution in [0, 0.1) is 6.92 Å².